The lowest BCUT2D eigenvalue weighted by Crippen LogP contribution is -2.44. The molecule has 4 aromatic rings. The van der Waals surface area contributed by atoms with Gasteiger partial charge in [-0.3, -0.25) is 5.10 Å². The zero-order valence-electron chi connectivity index (χ0n) is 20.5. The second-order valence-electron chi connectivity index (χ2n) is 9.38. The van der Waals surface area contributed by atoms with E-state index in [-0.39, 0.29) is 12.1 Å². The summed E-state index contributed by atoms with van der Waals surface area (Å²) in [6.07, 6.45) is 5.46. The molecular weight excluding hydrogens is 470 g/mol. The number of anilines is 2. The Labute approximate surface area is 213 Å². The van der Waals surface area contributed by atoms with Crippen LogP contribution in [0.4, 0.5) is 16.3 Å². The molecule has 5 heterocycles. The molecule has 2 aliphatic heterocycles. The van der Waals surface area contributed by atoms with Crippen molar-refractivity contribution in [2.45, 2.75) is 25.8 Å². The number of likely N-dealkylation sites (tertiary alicyclic amines) is 1. The minimum atomic E-state index is -0.169. The molecule has 2 aliphatic rings. The molecule has 188 valence electrons. The molecule has 0 spiro atoms. The van der Waals surface area contributed by atoms with Gasteiger partial charge in [-0.15, -0.1) is 0 Å². The number of aromatic amines is 1. The molecule has 6 rings (SSSR count). The summed E-state index contributed by atoms with van der Waals surface area (Å²) in [5, 5.41) is 25.3. The average molecular weight is 498 g/mol. The maximum atomic E-state index is 12.6. The van der Waals surface area contributed by atoms with Crippen LogP contribution in [-0.2, 0) is 4.74 Å². The van der Waals surface area contributed by atoms with Crippen molar-refractivity contribution in [1.82, 2.24) is 29.9 Å². The fraction of sp³-hybridized carbons (Fsp3) is 0.346. The van der Waals surface area contributed by atoms with Crippen molar-refractivity contribution >= 4 is 28.6 Å². The zero-order chi connectivity index (χ0) is 25.4. The Morgan fingerprint density at radius 2 is 2.08 bits per heavy atom. The number of rotatable bonds is 4. The van der Waals surface area contributed by atoms with Gasteiger partial charge in [-0.25, -0.2) is 9.78 Å². The number of hydrogen-bond acceptors (Lipinski definition) is 7. The number of nitrogens with one attached hydrogen (secondary N) is 2. The highest BCUT2D eigenvalue weighted by atomic mass is 16.5. The Kier molecular flexibility index (Phi) is 5.94. The molecule has 0 saturated carbocycles. The van der Waals surface area contributed by atoms with Crippen LogP contribution in [0.1, 0.15) is 25.3 Å². The van der Waals surface area contributed by atoms with Crippen molar-refractivity contribution in [3.63, 3.8) is 0 Å². The highest BCUT2D eigenvalue weighted by molar-refractivity contribution is 5.97. The van der Waals surface area contributed by atoms with Crippen LogP contribution in [0, 0.1) is 11.3 Å². The summed E-state index contributed by atoms with van der Waals surface area (Å²) in [4.78, 5) is 21.6. The summed E-state index contributed by atoms with van der Waals surface area (Å²) in [5.41, 5.74) is 3.33. The lowest BCUT2D eigenvalue weighted by molar-refractivity contribution is 0.0985. The van der Waals surface area contributed by atoms with Crippen molar-refractivity contribution in [1.29, 1.82) is 5.26 Å². The quantitative estimate of drug-likeness (QED) is 0.441. The van der Waals surface area contributed by atoms with Gasteiger partial charge in [-0.2, -0.15) is 20.1 Å². The lowest BCUT2D eigenvalue weighted by atomic mass is 10.00. The van der Waals surface area contributed by atoms with Crippen LogP contribution in [0.2, 0.25) is 0 Å². The van der Waals surface area contributed by atoms with Gasteiger partial charge in [0.15, 0.2) is 11.5 Å². The Balaban J connectivity index is 1.44. The van der Waals surface area contributed by atoms with Crippen LogP contribution in [-0.4, -0.2) is 74.8 Å². The lowest BCUT2D eigenvalue weighted by Gasteiger charge is -2.34. The second kappa shape index (κ2) is 9.55. The van der Waals surface area contributed by atoms with Crippen molar-refractivity contribution < 1.29 is 9.53 Å². The zero-order valence-corrected chi connectivity index (χ0v) is 20.5. The first-order chi connectivity index (χ1) is 18.1. The number of nitriles is 1. The SMILES string of the molecule is C[C@@H]1COCCN1c1cc(-c2ccc(NC(=O)N3CCCC3)c(C#N)c2)c2cnn(-c3ccn[nH]3)c2n1. The van der Waals surface area contributed by atoms with Gasteiger partial charge in [0.05, 0.1) is 42.9 Å². The van der Waals surface area contributed by atoms with E-state index in [1.165, 1.54) is 0 Å². The van der Waals surface area contributed by atoms with E-state index >= 15 is 0 Å². The number of amides is 2. The fourth-order valence-electron chi connectivity index (χ4n) is 5.01. The maximum Gasteiger partial charge on any atom is 0.321 e. The molecule has 2 saturated heterocycles. The number of carbonyl (C=O) groups excluding carboxylic acids is 1. The van der Waals surface area contributed by atoms with Crippen LogP contribution >= 0.6 is 0 Å². The van der Waals surface area contributed by atoms with Crippen molar-refractivity contribution in [3.05, 3.63) is 48.3 Å². The van der Waals surface area contributed by atoms with E-state index in [0.717, 1.165) is 54.8 Å². The van der Waals surface area contributed by atoms with E-state index in [1.54, 1.807) is 28.0 Å². The number of nitrogens with zero attached hydrogens (tertiary/aromatic N) is 7. The molecule has 3 aromatic heterocycles. The largest absolute Gasteiger partial charge is 0.377 e. The number of carbonyl (C=O) groups is 1. The predicted octanol–water partition coefficient (Wildman–Crippen LogP) is 3.54. The summed E-state index contributed by atoms with van der Waals surface area (Å²) in [6, 6.07) is 11.7. The van der Waals surface area contributed by atoms with Gasteiger partial charge >= 0.3 is 6.03 Å². The van der Waals surface area contributed by atoms with E-state index in [2.05, 4.69) is 38.5 Å². The van der Waals surface area contributed by atoms with Crippen molar-refractivity contribution in [3.8, 4) is 23.0 Å². The highest BCUT2D eigenvalue weighted by Crippen LogP contribution is 2.35. The Bertz CT molecular complexity index is 1480. The summed E-state index contributed by atoms with van der Waals surface area (Å²) in [6.45, 7) is 5.57. The van der Waals surface area contributed by atoms with Crippen LogP contribution in [0.5, 0.6) is 0 Å². The van der Waals surface area contributed by atoms with E-state index in [4.69, 9.17) is 9.72 Å². The first-order valence-corrected chi connectivity index (χ1v) is 12.5. The molecule has 0 bridgehead atoms. The van der Waals surface area contributed by atoms with Gasteiger partial charge in [0.2, 0.25) is 0 Å². The first-order valence-electron chi connectivity index (χ1n) is 12.5. The molecule has 0 aliphatic carbocycles. The number of morpholine rings is 1. The van der Waals surface area contributed by atoms with E-state index in [1.807, 2.05) is 24.3 Å². The van der Waals surface area contributed by atoms with Gasteiger partial charge in [0, 0.05) is 31.1 Å². The predicted molar refractivity (Wildman–Crippen MR) is 139 cm³/mol. The van der Waals surface area contributed by atoms with Gasteiger partial charge in [0.25, 0.3) is 0 Å². The van der Waals surface area contributed by atoms with E-state index in [9.17, 15) is 10.1 Å². The molecule has 0 unspecified atom stereocenters. The van der Waals surface area contributed by atoms with Crippen molar-refractivity contribution in [2.24, 2.45) is 0 Å². The van der Waals surface area contributed by atoms with Crippen LogP contribution in [0.3, 0.4) is 0 Å². The highest BCUT2D eigenvalue weighted by Gasteiger charge is 2.24. The number of ether oxygens (including phenoxy) is 1. The summed E-state index contributed by atoms with van der Waals surface area (Å²) >= 11 is 0. The number of benzene rings is 1. The molecule has 37 heavy (non-hydrogen) atoms. The number of hydrogen-bond donors (Lipinski definition) is 2. The molecule has 2 N–H and O–H groups in total. The Morgan fingerprint density at radius 1 is 1.22 bits per heavy atom. The molecule has 11 heteroatoms. The summed E-state index contributed by atoms with van der Waals surface area (Å²) in [5.74, 6) is 1.52. The molecule has 0 radical (unpaired) electrons. The second-order valence-corrected chi connectivity index (χ2v) is 9.38. The fourth-order valence-corrected chi connectivity index (χ4v) is 5.01. The third-order valence-electron chi connectivity index (χ3n) is 6.99. The number of aromatic nitrogens is 5. The van der Waals surface area contributed by atoms with Crippen LogP contribution in [0.15, 0.2) is 42.7 Å². The molecule has 2 amide bonds. The van der Waals surface area contributed by atoms with Gasteiger partial charge < -0.3 is 19.9 Å². The summed E-state index contributed by atoms with van der Waals surface area (Å²) < 4.78 is 7.37. The van der Waals surface area contributed by atoms with Crippen molar-refractivity contribution in [2.75, 3.05) is 43.1 Å². The average Bonchev–Trinajstić information content (AvgIpc) is 3.70. The minimum absolute atomic E-state index is 0.160. The van der Waals surface area contributed by atoms with Gasteiger partial charge in [-0.1, -0.05) is 6.07 Å². The number of urea groups is 1. The number of pyridine rings is 1. The standard InChI is InChI=1S/C26H27N9O2/c1-17-16-37-11-10-34(17)24-13-20(21-15-29-35(25(21)31-24)23-6-7-28-32-23)18-4-5-22(19(12-18)14-27)30-26(36)33-8-2-3-9-33/h4-7,12-13,15,17H,2-3,8-11,16H2,1H3,(H,28,32)(H,30,36)/t17-/m1/s1. The van der Waals surface area contributed by atoms with Gasteiger partial charge in [0.1, 0.15) is 11.9 Å². The molecule has 1 aromatic carbocycles. The normalized spacial score (nSPS) is 17.8. The number of H-pyrrole nitrogens is 1. The van der Waals surface area contributed by atoms with E-state index in [0.29, 0.717) is 35.9 Å². The Hall–Kier alpha value is -4.43. The smallest absolute Gasteiger partial charge is 0.321 e. The van der Waals surface area contributed by atoms with E-state index < -0.39 is 0 Å². The third kappa shape index (κ3) is 4.25. The maximum absolute atomic E-state index is 12.6. The summed E-state index contributed by atoms with van der Waals surface area (Å²) in [7, 11) is 0. The van der Waals surface area contributed by atoms with Gasteiger partial charge in [-0.05, 0) is 49.1 Å². The third-order valence-corrected chi connectivity index (χ3v) is 6.99. The molecule has 1 atom stereocenters. The molecule has 11 nitrogen and oxygen atoms in total. The van der Waals surface area contributed by atoms with Crippen LogP contribution < -0.4 is 10.2 Å². The minimum Gasteiger partial charge on any atom is -0.377 e. The molecule has 2 fully saturated rings. The Morgan fingerprint density at radius 3 is 2.84 bits per heavy atom. The topological polar surface area (TPSA) is 128 Å². The number of fused-ring (bicyclic) bond motifs is 1. The monoisotopic (exact) mass is 497 g/mol. The van der Waals surface area contributed by atoms with Crippen LogP contribution in [0.25, 0.3) is 28.0 Å². The molecular formula is C26H27N9O2. The first kappa shape index (κ1) is 23.0.